The second-order valence-electron chi connectivity index (χ2n) is 4.50. The number of ether oxygens (including phenoxy) is 2. The molecule has 0 saturated carbocycles. The zero-order chi connectivity index (χ0) is 15.1. The number of hydrogen-bond donors (Lipinski definition) is 0. The van der Waals surface area contributed by atoms with Crippen LogP contribution in [0, 0.1) is 17.8 Å². The number of carbonyl (C=O) groups is 2. The van der Waals surface area contributed by atoms with Crippen LogP contribution in [-0.2, 0) is 19.1 Å². The van der Waals surface area contributed by atoms with Gasteiger partial charge in [-0.2, -0.15) is 0 Å². The molecule has 0 aliphatic carbocycles. The minimum atomic E-state index is -1.35. The van der Waals surface area contributed by atoms with Crippen LogP contribution in [0.2, 0.25) is 0 Å². The fourth-order valence-corrected chi connectivity index (χ4v) is 1.59. The number of terminal acetylenes is 1. The first kappa shape index (κ1) is 17.2. The van der Waals surface area contributed by atoms with Gasteiger partial charge in [-0.1, -0.05) is 11.5 Å². The molecule has 0 radical (unpaired) electrons. The third-order valence-electron chi connectivity index (χ3n) is 2.93. The molecule has 0 amide bonds. The van der Waals surface area contributed by atoms with E-state index in [-0.39, 0.29) is 19.6 Å². The largest absolute Gasteiger partial charge is 0.465 e. The highest BCUT2D eigenvalue weighted by Gasteiger charge is 2.44. The van der Waals surface area contributed by atoms with Crippen LogP contribution in [0.4, 0.5) is 0 Å². The van der Waals surface area contributed by atoms with Gasteiger partial charge in [0.2, 0.25) is 0 Å². The van der Waals surface area contributed by atoms with Crippen molar-refractivity contribution in [2.24, 2.45) is 5.41 Å². The molecule has 0 saturated heterocycles. The predicted molar refractivity (Wildman–Crippen MR) is 73.2 cm³/mol. The molecule has 0 aromatic carbocycles. The summed E-state index contributed by atoms with van der Waals surface area (Å²) >= 11 is 0. The molecule has 106 valence electrons. The number of hydrogen-bond acceptors (Lipinski definition) is 4. The van der Waals surface area contributed by atoms with Crippen LogP contribution in [0.1, 0.15) is 41.0 Å². The summed E-state index contributed by atoms with van der Waals surface area (Å²) in [6.45, 7) is 8.90. The fraction of sp³-hybridized carbons (Fsp3) is 0.600. The van der Waals surface area contributed by atoms with Crippen molar-refractivity contribution < 1.29 is 19.1 Å². The maximum Gasteiger partial charge on any atom is 0.323 e. The van der Waals surface area contributed by atoms with Crippen LogP contribution < -0.4 is 0 Å². The monoisotopic (exact) mass is 266 g/mol. The van der Waals surface area contributed by atoms with E-state index in [1.807, 2.05) is 0 Å². The van der Waals surface area contributed by atoms with E-state index in [1.165, 1.54) is 6.92 Å². The Morgan fingerprint density at radius 1 is 1.11 bits per heavy atom. The standard InChI is InChI=1S/C15H22O4/c1-7-11(4)12(5)10-15(6,13(16)18-8-2)14(17)19-9-3/h1H,8-10H2,2-6H3. The van der Waals surface area contributed by atoms with Gasteiger partial charge in [-0.15, -0.1) is 6.42 Å². The van der Waals surface area contributed by atoms with Gasteiger partial charge >= 0.3 is 11.9 Å². The Morgan fingerprint density at radius 2 is 1.53 bits per heavy atom. The van der Waals surface area contributed by atoms with Crippen LogP contribution in [0.15, 0.2) is 11.1 Å². The van der Waals surface area contributed by atoms with Crippen LogP contribution in [0.3, 0.4) is 0 Å². The van der Waals surface area contributed by atoms with Gasteiger partial charge in [0.05, 0.1) is 13.2 Å². The average Bonchev–Trinajstić information content (AvgIpc) is 2.37. The Balaban J connectivity index is 5.36. The molecule has 4 nitrogen and oxygen atoms in total. The van der Waals surface area contributed by atoms with Crippen LogP contribution in [0.25, 0.3) is 0 Å². The van der Waals surface area contributed by atoms with E-state index in [9.17, 15) is 9.59 Å². The Kier molecular flexibility index (Phi) is 6.92. The fourth-order valence-electron chi connectivity index (χ4n) is 1.59. The first-order valence-electron chi connectivity index (χ1n) is 6.30. The molecule has 0 aromatic rings. The topological polar surface area (TPSA) is 52.6 Å². The van der Waals surface area contributed by atoms with Gasteiger partial charge in [0.15, 0.2) is 5.41 Å². The molecule has 0 bridgehead atoms. The van der Waals surface area contributed by atoms with Gasteiger partial charge in [-0.05, 0) is 46.6 Å². The third kappa shape index (κ3) is 4.44. The molecular weight excluding hydrogens is 244 g/mol. The van der Waals surface area contributed by atoms with Gasteiger partial charge < -0.3 is 9.47 Å². The lowest BCUT2D eigenvalue weighted by Gasteiger charge is -2.25. The molecule has 0 fully saturated rings. The maximum atomic E-state index is 12.0. The van der Waals surface area contributed by atoms with E-state index < -0.39 is 17.4 Å². The van der Waals surface area contributed by atoms with Crippen LogP contribution in [-0.4, -0.2) is 25.2 Å². The molecule has 0 aromatic heterocycles. The van der Waals surface area contributed by atoms with E-state index in [4.69, 9.17) is 15.9 Å². The lowest BCUT2D eigenvalue weighted by Crippen LogP contribution is -2.39. The minimum absolute atomic E-state index is 0.195. The summed E-state index contributed by atoms with van der Waals surface area (Å²) in [7, 11) is 0. The van der Waals surface area contributed by atoms with Crippen molar-refractivity contribution in [2.45, 2.75) is 41.0 Å². The molecule has 0 aliphatic heterocycles. The van der Waals surface area contributed by atoms with Crippen LogP contribution >= 0.6 is 0 Å². The van der Waals surface area contributed by atoms with Crippen molar-refractivity contribution >= 4 is 11.9 Å². The van der Waals surface area contributed by atoms with E-state index in [0.29, 0.717) is 5.57 Å². The lowest BCUT2D eigenvalue weighted by molar-refractivity contribution is -0.170. The highest BCUT2D eigenvalue weighted by atomic mass is 16.6. The maximum absolute atomic E-state index is 12.0. The number of allylic oxidation sites excluding steroid dienone is 2. The first-order chi connectivity index (χ1) is 8.83. The summed E-state index contributed by atoms with van der Waals surface area (Å²) in [5, 5.41) is 0. The number of rotatable bonds is 6. The smallest absolute Gasteiger partial charge is 0.323 e. The summed E-state index contributed by atoms with van der Waals surface area (Å²) in [4.78, 5) is 24.1. The number of esters is 2. The third-order valence-corrected chi connectivity index (χ3v) is 2.93. The summed E-state index contributed by atoms with van der Waals surface area (Å²) in [5.41, 5.74) is 0.153. The number of carbonyl (C=O) groups excluding carboxylic acids is 2. The van der Waals surface area contributed by atoms with Crippen molar-refractivity contribution in [1.82, 2.24) is 0 Å². The van der Waals surface area contributed by atoms with Crippen molar-refractivity contribution in [3.05, 3.63) is 11.1 Å². The SMILES string of the molecule is C#CC(C)=C(C)CC(C)(C(=O)OCC)C(=O)OCC. The Hall–Kier alpha value is -1.76. The normalized spacial score (nSPS) is 12.2. The molecule has 0 atom stereocenters. The molecule has 0 unspecified atom stereocenters. The molecule has 0 N–H and O–H groups in total. The predicted octanol–water partition coefficient (Wildman–Crippen LogP) is 2.48. The Labute approximate surface area is 115 Å². The Morgan fingerprint density at radius 3 is 1.84 bits per heavy atom. The Bertz CT molecular complexity index is 394. The molecule has 19 heavy (non-hydrogen) atoms. The lowest BCUT2D eigenvalue weighted by atomic mass is 9.82. The minimum Gasteiger partial charge on any atom is -0.465 e. The van der Waals surface area contributed by atoms with Gasteiger partial charge in [0.1, 0.15) is 0 Å². The van der Waals surface area contributed by atoms with E-state index in [2.05, 4.69) is 5.92 Å². The van der Waals surface area contributed by atoms with Gasteiger partial charge in [-0.3, -0.25) is 9.59 Å². The van der Waals surface area contributed by atoms with Gasteiger partial charge in [0, 0.05) is 0 Å². The van der Waals surface area contributed by atoms with Crippen molar-refractivity contribution in [1.29, 1.82) is 0 Å². The molecule has 4 heteroatoms. The molecule has 0 aliphatic rings. The highest BCUT2D eigenvalue weighted by molar-refractivity contribution is 6.00. The van der Waals surface area contributed by atoms with Gasteiger partial charge in [0.25, 0.3) is 0 Å². The van der Waals surface area contributed by atoms with Crippen molar-refractivity contribution in [3.8, 4) is 12.3 Å². The summed E-state index contributed by atoms with van der Waals surface area (Å²) in [5.74, 6) is 1.33. The molecule has 0 heterocycles. The van der Waals surface area contributed by atoms with Gasteiger partial charge in [-0.25, -0.2) is 0 Å². The molecule has 0 spiro atoms. The van der Waals surface area contributed by atoms with Crippen molar-refractivity contribution in [3.63, 3.8) is 0 Å². The second kappa shape index (κ2) is 7.63. The summed E-state index contributed by atoms with van der Waals surface area (Å²) in [6, 6.07) is 0. The first-order valence-corrected chi connectivity index (χ1v) is 6.30. The highest BCUT2D eigenvalue weighted by Crippen LogP contribution is 2.30. The zero-order valence-electron chi connectivity index (χ0n) is 12.3. The van der Waals surface area contributed by atoms with Crippen LogP contribution in [0.5, 0.6) is 0 Å². The van der Waals surface area contributed by atoms with Crippen molar-refractivity contribution in [2.75, 3.05) is 13.2 Å². The second-order valence-corrected chi connectivity index (χ2v) is 4.50. The van der Waals surface area contributed by atoms with E-state index >= 15 is 0 Å². The summed E-state index contributed by atoms with van der Waals surface area (Å²) < 4.78 is 9.95. The quantitative estimate of drug-likeness (QED) is 0.421. The van der Waals surface area contributed by atoms with E-state index in [0.717, 1.165) is 5.57 Å². The zero-order valence-corrected chi connectivity index (χ0v) is 12.3. The average molecular weight is 266 g/mol. The summed E-state index contributed by atoms with van der Waals surface area (Å²) in [6.07, 6.45) is 5.52. The molecule has 0 rings (SSSR count). The van der Waals surface area contributed by atoms with E-state index in [1.54, 1.807) is 27.7 Å². The molecular formula is C15H22O4.